The molecular formula is C25H24ClN7OS. The minimum atomic E-state index is -0.242. The summed E-state index contributed by atoms with van der Waals surface area (Å²) < 4.78 is 0. The van der Waals surface area contributed by atoms with Gasteiger partial charge in [-0.15, -0.1) is 0 Å². The molecule has 1 fully saturated rings. The molecule has 1 saturated heterocycles. The Morgan fingerprint density at radius 2 is 1.86 bits per heavy atom. The number of aryl methyl sites for hydroxylation is 2. The van der Waals surface area contributed by atoms with Crippen LogP contribution in [0.4, 0.5) is 23.1 Å². The number of amides is 1. The third-order valence-electron chi connectivity index (χ3n) is 5.59. The van der Waals surface area contributed by atoms with Crippen molar-refractivity contribution in [1.29, 1.82) is 0 Å². The number of H-pyrrole nitrogens is 1. The van der Waals surface area contributed by atoms with Crippen LogP contribution in [0, 0.1) is 13.8 Å². The molecule has 0 radical (unpaired) electrons. The number of aromatic nitrogens is 4. The van der Waals surface area contributed by atoms with Crippen LogP contribution in [0.2, 0.25) is 5.02 Å². The number of nitrogens with zero attached hydrogens (tertiary/aromatic N) is 4. The van der Waals surface area contributed by atoms with Crippen molar-refractivity contribution in [2.45, 2.75) is 30.3 Å². The summed E-state index contributed by atoms with van der Waals surface area (Å²) in [6, 6.07) is 16.9. The predicted octanol–water partition coefficient (Wildman–Crippen LogP) is 5.83. The summed E-state index contributed by atoms with van der Waals surface area (Å²) >= 11 is 7.75. The van der Waals surface area contributed by atoms with Gasteiger partial charge >= 0.3 is 0 Å². The second kappa shape index (κ2) is 9.97. The van der Waals surface area contributed by atoms with E-state index in [0.717, 1.165) is 41.5 Å². The van der Waals surface area contributed by atoms with E-state index in [0.29, 0.717) is 33.1 Å². The molecule has 178 valence electrons. The Bertz CT molecular complexity index is 1370. The van der Waals surface area contributed by atoms with Gasteiger partial charge in [0.2, 0.25) is 0 Å². The molecule has 0 spiro atoms. The smallest absolute Gasteiger partial charge is 0.257 e. The van der Waals surface area contributed by atoms with Crippen LogP contribution in [-0.4, -0.2) is 39.2 Å². The van der Waals surface area contributed by atoms with Crippen molar-refractivity contribution in [3.8, 4) is 0 Å². The average Bonchev–Trinajstić information content (AvgIpc) is 3.20. The van der Waals surface area contributed by atoms with Gasteiger partial charge in [0.05, 0.1) is 10.6 Å². The third kappa shape index (κ3) is 5.41. The van der Waals surface area contributed by atoms with Crippen LogP contribution >= 0.6 is 23.4 Å². The lowest BCUT2D eigenvalue weighted by atomic mass is 10.1. The lowest BCUT2D eigenvalue weighted by Crippen LogP contribution is -2.37. The van der Waals surface area contributed by atoms with Gasteiger partial charge in [0.1, 0.15) is 11.6 Å². The molecule has 3 N–H and O–H groups in total. The Hall–Kier alpha value is -3.56. The number of halogens is 1. The lowest BCUT2D eigenvalue weighted by Gasteiger charge is -2.32. The molecule has 35 heavy (non-hydrogen) atoms. The summed E-state index contributed by atoms with van der Waals surface area (Å²) in [6.45, 7) is 5.80. The highest BCUT2D eigenvalue weighted by molar-refractivity contribution is 7.99. The molecule has 2 aromatic heterocycles. The van der Waals surface area contributed by atoms with Crippen molar-refractivity contribution in [1.82, 2.24) is 20.2 Å². The zero-order chi connectivity index (χ0) is 24.4. The van der Waals surface area contributed by atoms with Crippen LogP contribution in [0.1, 0.15) is 28.0 Å². The molecule has 5 rings (SSSR count). The van der Waals surface area contributed by atoms with E-state index in [1.54, 1.807) is 6.07 Å². The lowest BCUT2D eigenvalue weighted by molar-refractivity contribution is 0.102. The molecule has 1 amide bonds. The van der Waals surface area contributed by atoms with E-state index >= 15 is 0 Å². The molecule has 0 unspecified atom stereocenters. The van der Waals surface area contributed by atoms with Crippen LogP contribution in [0.5, 0.6) is 0 Å². The van der Waals surface area contributed by atoms with Gasteiger partial charge in [0, 0.05) is 41.5 Å². The Labute approximate surface area is 212 Å². The maximum atomic E-state index is 12.6. The van der Waals surface area contributed by atoms with Crippen molar-refractivity contribution in [2.75, 3.05) is 28.6 Å². The summed E-state index contributed by atoms with van der Waals surface area (Å²) in [5, 5.41) is 14.4. The van der Waals surface area contributed by atoms with Gasteiger partial charge in [0.15, 0.2) is 11.0 Å². The average molecular weight is 506 g/mol. The van der Waals surface area contributed by atoms with Crippen LogP contribution in [0.3, 0.4) is 0 Å². The first kappa shape index (κ1) is 23.2. The number of hydrogen-bond acceptors (Lipinski definition) is 7. The van der Waals surface area contributed by atoms with E-state index in [1.165, 1.54) is 11.8 Å². The van der Waals surface area contributed by atoms with E-state index in [9.17, 15) is 4.79 Å². The van der Waals surface area contributed by atoms with Crippen LogP contribution in [0.25, 0.3) is 0 Å². The van der Waals surface area contributed by atoms with Gasteiger partial charge in [0.25, 0.3) is 5.91 Å². The number of rotatable bonds is 7. The number of anilines is 4. The fraction of sp³-hybridized carbons (Fsp3) is 0.200. The van der Waals surface area contributed by atoms with Gasteiger partial charge in [-0.1, -0.05) is 23.7 Å². The first-order chi connectivity index (χ1) is 16.9. The molecule has 1 aliphatic heterocycles. The SMILES string of the molecule is Cc1cc(Nc2cc(N3CCC3)nc(Sc3ccc(NC(=O)c4cccc(C)c4Cl)cc3)n2)n[nH]1. The summed E-state index contributed by atoms with van der Waals surface area (Å²) in [7, 11) is 0. The highest BCUT2D eigenvalue weighted by Gasteiger charge is 2.19. The first-order valence-electron chi connectivity index (χ1n) is 11.2. The summed E-state index contributed by atoms with van der Waals surface area (Å²) in [5.41, 5.74) is 2.97. The Kier molecular flexibility index (Phi) is 6.61. The molecule has 0 saturated carbocycles. The van der Waals surface area contributed by atoms with Crippen molar-refractivity contribution < 1.29 is 4.79 Å². The van der Waals surface area contributed by atoms with E-state index in [1.807, 2.05) is 62.4 Å². The highest BCUT2D eigenvalue weighted by Crippen LogP contribution is 2.31. The van der Waals surface area contributed by atoms with Crippen LogP contribution in [-0.2, 0) is 0 Å². The predicted molar refractivity (Wildman–Crippen MR) is 140 cm³/mol. The molecule has 2 aromatic carbocycles. The molecular weight excluding hydrogens is 482 g/mol. The Morgan fingerprint density at radius 1 is 1.06 bits per heavy atom. The topological polar surface area (TPSA) is 98.8 Å². The Morgan fingerprint density at radius 3 is 2.54 bits per heavy atom. The number of nitrogens with one attached hydrogen (secondary N) is 3. The highest BCUT2D eigenvalue weighted by atomic mass is 35.5. The summed E-state index contributed by atoms with van der Waals surface area (Å²) in [4.78, 5) is 25.3. The maximum absolute atomic E-state index is 12.6. The van der Waals surface area contributed by atoms with Gasteiger partial charge in [-0.25, -0.2) is 9.97 Å². The first-order valence-corrected chi connectivity index (χ1v) is 12.4. The van der Waals surface area contributed by atoms with E-state index < -0.39 is 0 Å². The van der Waals surface area contributed by atoms with Gasteiger partial charge in [-0.05, 0) is 67.9 Å². The second-order valence-electron chi connectivity index (χ2n) is 8.31. The number of carbonyl (C=O) groups is 1. The van der Waals surface area contributed by atoms with Crippen molar-refractivity contribution in [2.24, 2.45) is 0 Å². The van der Waals surface area contributed by atoms with Crippen LogP contribution in [0.15, 0.2) is 64.6 Å². The van der Waals surface area contributed by atoms with Crippen molar-refractivity contribution in [3.05, 3.63) is 76.4 Å². The van der Waals surface area contributed by atoms with Gasteiger partial charge in [-0.2, -0.15) is 5.10 Å². The van der Waals surface area contributed by atoms with Crippen molar-refractivity contribution in [3.63, 3.8) is 0 Å². The number of hydrogen-bond donors (Lipinski definition) is 3. The molecule has 3 heterocycles. The fourth-order valence-corrected chi connectivity index (χ4v) is 4.55. The minimum Gasteiger partial charge on any atom is -0.356 e. The second-order valence-corrected chi connectivity index (χ2v) is 9.73. The number of benzene rings is 2. The van der Waals surface area contributed by atoms with Gasteiger partial charge < -0.3 is 15.5 Å². The van der Waals surface area contributed by atoms with Crippen LogP contribution < -0.4 is 15.5 Å². The van der Waals surface area contributed by atoms with E-state index in [-0.39, 0.29) is 5.91 Å². The third-order valence-corrected chi connectivity index (χ3v) is 6.97. The largest absolute Gasteiger partial charge is 0.356 e. The molecule has 1 aliphatic rings. The van der Waals surface area contributed by atoms with E-state index in [4.69, 9.17) is 16.6 Å². The monoisotopic (exact) mass is 505 g/mol. The zero-order valence-electron chi connectivity index (χ0n) is 19.3. The molecule has 4 aromatic rings. The van der Waals surface area contributed by atoms with E-state index in [2.05, 4.69) is 30.7 Å². The zero-order valence-corrected chi connectivity index (χ0v) is 20.9. The molecule has 10 heteroatoms. The fourth-order valence-electron chi connectivity index (χ4n) is 3.58. The molecule has 8 nitrogen and oxygen atoms in total. The maximum Gasteiger partial charge on any atom is 0.257 e. The Balaban J connectivity index is 1.31. The van der Waals surface area contributed by atoms with Gasteiger partial charge in [-0.3, -0.25) is 9.89 Å². The van der Waals surface area contributed by atoms with Crippen molar-refractivity contribution >= 4 is 52.4 Å². The quantitative estimate of drug-likeness (QED) is 0.272. The minimum absolute atomic E-state index is 0.242. The normalized spacial score (nSPS) is 12.8. The standard InChI is InChI=1S/C25H24ClN7OS/c1-15-5-3-6-19(23(15)26)24(34)27-17-7-9-18(10-8-17)35-25-29-20(28-21-13-16(2)31-32-21)14-22(30-25)33-11-4-12-33/h3,5-10,13-14H,4,11-12H2,1-2H3,(H,27,34)(H2,28,29,30,31,32). The molecule has 0 bridgehead atoms. The number of aromatic amines is 1. The molecule has 0 aliphatic carbocycles. The number of carbonyl (C=O) groups excluding carboxylic acids is 1. The molecule has 0 atom stereocenters. The summed E-state index contributed by atoms with van der Waals surface area (Å²) in [5.74, 6) is 2.05. The summed E-state index contributed by atoms with van der Waals surface area (Å²) in [6.07, 6.45) is 1.16.